The van der Waals surface area contributed by atoms with Crippen molar-refractivity contribution in [2.45, 2.75) is 53.1 Å². The molecule has 0 spiro atoms. The zero-order chi connectivity index (χ0) is 16.4. The molecule has 1 rings (SSSR count). The van der Waals surface area contributed by atoms with E-state index in [1.807, 2.05) is 58.0 Å². The summed E-state index contributed by atoms with van der Waals surface area (Å²) in [6.45, 7) is 9.21. The Hall–Kier alpha value is -1.23. The number of Topliss-reactive ketones (excluding diaryl/α,β-unsaturated/α-hetero) is 1. The monoisotopic (exact) mass is 308 g/mol. The van der Waals surface area contributed by atoms with E-state index in [9.17, 15) is 4.79 Å². The van der Waals surface area contributed by atoms with Crippen LogP contribution in [0.2, 0.25) is 0 Å². The van der Waals surface area contributed by atoms with Gasteiger partial charge in [0.15, 0.2) is 5.78 Å². The maximum Gasteiger partial charge on any atom is 0.217 e. The highest BCUT2D eigenvalue weighted by Crippen LogP contribution is 2.16. The molecule has 4 heteroatoms. The third-order valence-electron chi connectivity index (χ3n) is 3.58. The van der Waals surface area contributed by atoms with Crippen LogP contribution in [-0.4, -0.2) is 31.4 Å². The maximum absolute atomic E-state index is 12.2. The van der Waals surface area contributed by atoms with Gasteiger partial charge in [-0.25, -0.2) is 0 Å². The highest BCUT2D eigenvalue weighted by atomic mass is 16.7. The van der Waals surface area contributed by atoms with E-state index in [-0.39, 0.29) is 17.8 Å². The lowest BCUT2D eigenvalue weighted by molar-refractivity contribution is -0.169. The number of carbonyl (C=O) groups excluding carboxylic acids is 1. The van der Waals surface area contributed by atoms with Crippen molar-refractivity contribution in [3.05, 3.63) is 35.9 Å². The highest BCUT2D eigenvalue weighted by molar-refractivity contribution is 5.82. The van der Waals surface area contributed by atoms with Crippen molar-refractivity contribution in [1.29, 1.82) is 0 Å². The lowest BCUT2D eigenvalue weighted by atomic mass is 9.99. The molecule has 0 saturated heterocycles. The zero-order valence-electron chi connectivity index (χ0n) is 14.1. The van der Waals surface area contributed by atoms with Gasteiger partial charge in [-0.05, 0) is 32.3 Å². The maximum atomic E-state index is 12.2. The molecule has 0 bridgehead atoms. The third-order valence-corrected chi connectivity index (χ3v) is 3.58. The topological polar surface area (TPSA) is 44.8 Å². The summed E-state index contributed by atoms with van der Waals surface area (Å²) >= 11 is 0. The minimum absolute atomic E-state index is 0.00643. The van der Waals surface area contributed by atoms with Crippen LogP contribution >= 0.6 is 0 Å². The molecule has 0 heterocycles. The Balaban J connectivity index is 2.41. The first-order valence-corrected chi connectivity index (χ1v) is 7.99. The average Bonchev–Trinajstić information content (AvgIpc) is 2.53. The van der Waals surface area contributed by atoms with E-state index in [0.29, 0.717) is 26.2 Å². The van der Waals surface area contributed by atoms with Crippen LogP contribution in [0.4, 0.5) is 0 Å². The van der Waals surface area contributed by atoms with Gasteiger partial charge in [0.05, 0.1) is 12.7 Å². The normalized spacial score (nSPS) is 14.0. The smallest absolute Gasteiger partial charge is 0.217 e. The van der Waals surface area contributed by atoms with Gasteiger partial charge in [0.2, 0.25) is 6.29 Å². The van der Waals surface area contributed by atoms with Crippen molar-refractivity contribution in [3.8, 4) is 0 Å². The van der Waals surface area contributed by atoms with Crippen LogP contribution in [0, 0.1) is 5.92 Å². The van der Waals surface area contributed by atoms with E-state index in [4.69, 9.17) is 14.2 Å². The molecule has 0 aromatic heterocycles. The van der Waals surface area contributed by atoms with Gasteiger partial charge in [0.25, 0.3) is 0 Å². The summed E-state index contributed by atoms with van der Waals surface area (Å²) in [6.07, 6.45) is -0.368. The Bertz CT molecular complexity index is 412. The number of carbonyl (C=O) groups is 1. The summed E-state index contributed by atoms with van der Waals surface area (Å²) in [6, 6.07) is 10.0. The van der Waals surface area contributed by atoms with Crippen LogP contribution in [0.3, 0.4) is 0 Å². The van der Waals surface area contributed by atoms with Gasteiger partial charge in [-0.3, -0.25) is 4.79 Å². The predicted octanol–water partition coefficient (Wildman–Crippen LogP) is 3.59. The average molecular weight is 308 g/mol. The van der Waals surface area contributed by atoms with Gasteiger partial charge in [-0.2, -0.15) is 0 Å². The summed E-state index contributed by atoms with van der Waals surface area (Å²) in [5.74, 6) is 0.0889. The van der Waals surface area contributed by atoms with E-state index < -0.39 is 6.29 Å². The molecule has 0 amide bonds. The third kappa shape index (κ3) is 6.69. The fraction of sp³-hybridized carbons (Fsp3) is 0.611. The summed E-state index contributed by atoms with van der Waals surface area (Å²) in [7, 11) is 0. The van der Waals surface area contributed by atoms with Crippen LogP contribution in [0.25, 0.3) is 0 Å². The molecule has 124 valence electrons. The van der Waals surface area contributed by atoms with Crippen molar-refractivity contribution in [2.75, 3.05) is 13.2 Å². The molecule has 1 aromatic carbocycles. The first kappa shape index (κ1) is 18.8. The Kier molecular flexibility index (Phi) is 8.97. The SMILES string of the molecule is CCOC(OCC)C(=O)C[C@@H](C)[C@H](C)OCc1ccccc1. The van der Waals surface area contributed by atoms with Crippen LogP contribution in [0.5, 0.6) is 0 Å². The fourth-order valence-corrected chi connectivity index (χ4v) is 2.08. The van der Waals surface area contributed by atoms with E-state index in [2.05, 4.69) is 0 Å². The lowest BCUT2D eigenvalue weighted by Crippen LogP contribution is -2.31. The van der Waals surface area contributed by atoms with Gasteiger partial charge in [-0.1, -0.05) is 37.3 Å². The standard InChI is InChI=1S/C18H28O4/c1-5-20-18(21-6-2)17(19)12-14(3)15(4)22-13-16-10-8-7-9-11-16/h7-11,14-15,18H,5-6,12-13H2,1-4H3/t14-,15+/m1/s1. The van der Waals surface area contributed by atoms with Crippen LogP contribution in [-0.2, 0) is 25.6 Å². The van der Waals surface area contributed by atoms with E-state index in [1.165, 1.54) is 0 Å². The Morgan fingerprint density at radius 3 is 2.14 bits per heavy atom. The summed E-state index contributed by atoms with van der Waals surface area (Å²) in [5, 5.41) is 0. The molecular formula is C18H28O4. The number of rotatable bonds is 11. The number of hydrogen-bond donors (Lipinski definition) is 0. The van der Waals surface area contributed by atoms with Gasteiger partial charge in [0.1, 0.15) is 0 Å². The molecule has 2 atom stereocenters. The molecule has 0 unspecified atom stereocenters. The van der Waals surface area contributed by atoms with E-state index >= 15 is 0 Å². The highest BCUT2D eigenvalue weighted by Gasteiger charge is 2.24. The number of ketones is 1. The second-order valence-corrected chi connectivity index (χ2v) is 5.39. The van der Waals surface area contributed by atoms with Gasteiger partial charge >= 0.3 is 0 Å². The Labute approximate surface area is 133 Å². The van der Waals surface area contributed by atoms with Crippen LogP contribution in [0.15, 0.2) is 30.3 Å². The molecule has 0 aliphatic carbocycles. The minimum Gasteiger partial charge on any atom is -0.374 e. The number of benzene rings is 1. The molecule has 4 nitrogen and oxygen atoms in total. The lowest BCUT2D eigenvalue weighted by Gasteiger charge is -2.22. The number of ether oxygens (including phenoxy) is 3. The molecule has 0 radical (unpaired) electrons. The van der Waals surface area contributed by atoms with Crippen molar-refractivity contribution in [3.63, 3.8) is 0 Å². The first-order chi connectivity index (χ1) is 10.6. The van der Waals surface area contributed by atoms with E-state index in [0.717, 1.165) is 5.56 Å². The Morgan fingerprint density at radius 1 is 1.00 bits per heavy atom. The van der Waals surface area contributed by atoms with Gasteiger partial charge in [0, 0.05) is 19.6 Å². The molecule has 1 aromatic rings. The van der Waals surface area contributed by atoms with Crippen molar-refractivity contribution < 1.29 is 19.0 Å². The Morgan fingerprint density at radius 2 is 1.59 bits per heavy atom. The molecular weight excluding hydrogens is 280 g/mol. The van der Waals surface area contributed by atoms with Crippen molar-refractivity contribution in [2.24, 2.45) is 5.92 Å². The number of hydrogen-bond acceptors (Lipinski definition) is 4. The van der Waals surface area contributed by atoms with Crippen LogP contribution < -0.4 is 0 Å². The largest absolute Gasteiger partial charge is 0.374 e. The predicted molar refractivity (Wildman–Crippen MR) is 86.5 cm³/mol. The zero-order valence-corrected chi connectivity index (χ0v) is 14.1. The molecule has 22 heavy (non-hydrogen) atoms. The fourth-order valence-electron chi connectivity index (χ4n) is 2.08. The van der Waals surface area contributed by atoms with Gasteiger partial charge in [-0.15, -0.1) is 0 Å². The summed E-state index contributed by atoms with van der Waals surface area (Å²) in [5.41, 5.74) is 1.13. The summed E-state index contributed by atoms with van der Waals surface area (Å²) in [4.78, 5) is 12.2. The second kappa shape index (κ2) is 10.5. The minimum atomic E-state index is -0.751. The van der Waals surface area contributed by atoms with E-state index in [1.54, 1.807) is 0 Å². The molecule has 0 N–H and O–H groups in total. The second-order valence-electron chi connectivity index (χ2n) is 5.39. The quantitative estimate of drug-likeness (QED) is 0.586. The molecule has 0 aliphatic rings. The van der Waals surface area contributed by atoms with Crippen LogP contribution in [0.1, 0.15) is 39.7 Å². The molecule has 0 aliphatic heterocycles. The molecule has 0 saturated carbocycles. The first-order valence-electron chi connectivity index (χ1n) is 7.99. The van der Waals surface area contributed by atoms with Gasteiger partial charge < -0.3 is 14.2 Å². The van der Waals surface area contributed by atoms with Crippen molar-refractivity contribution >= 4 is 5.78 Å². The molecule has 0 fully saturated rings. The summed E-state index contributed by atoms with van der Waals surface area (Å²) < 4.78 is 16.5. The van der Waals surface area contributed by atoms with Crippen molar-refractivity contribution in [1.82, 2.24) is 0 Å².